The number of fused-ring (bicyclic) bond motifs is 1. The zero-order valence-electron chi connectivity index (χ0n) is 28.1. The van der Waals surface area contributed by atoms with E-state index in [-0.39, 0.29) is 0 Å². The van der Waals surface area contributed by atoms with E-state index in [4.69, 9.17) is 9.97 Å². The van der Waals surface area contributed by atoms with Crippen molar-refractivity contribution in [3.63, 3.8) is 0 Å². The number of pyridine rings is 2. The van der Waals surface area contributed by atoms with Gasteiger partial charge in [-0.25, -0.2) is 9.67 Å². The molecule has 6 rings (SSSR count). The number of rotatable bonds is 13. The second-order valence-electron chi connectivity index (χ2n) is 13.1. The highest BCUT2D eigenvalue weighted by Gasteiger charge is 2.22. The summed E-state index contributed by atoms with van der Waals surface area (Å²) in [6, 6.07) is 20.7. The lowest BCUT2D eigenvalue weighted by Crippen LogP contribution is -2.35. The molecule has 0 amide bonds. The molecule has 0 unspecified atom stereocenters. The molecule has 1 aliphatic heterocycles. The Morgan fingerprint density at radius 1 is 0.851 bits per heavy atom. The first-order chi connectivity index (χ1) is 23.1. The molecule has 1 saturated heterocycles. The number of nitrogens with zero attached hydrogens (tertiary/aromatic N) is 6. The molecule has 4 heterocycles. The third-order valence-corrected chi connectivity index (χ3v) is 9.41. The molecule has 2 aliphatic rings. The van der Waals surface area contributed by atoms with E-state index in [1.807, 2.05) is 35.9 Å². The minimum Gasteiger partial charge on any atom is -0.371 e. The third-order valence-electron chi connectivity index (χ3n) is 9.41. The molecule has 0 spiro atoms. The average Bonchev–Trinajstić information content (AvgIpc) is 3.49. The van der Waals surface area contributed by atoms with Crippen LogP contribution in [0.2, 0.25) is 0 Å². The van der Waals surface area contributed by atoms with Crippen LogP contribution in [-0.4, -0.2) is 43.0 Å². The van der Waals surface area contributed by atoms with E-state index < -0.39 is 0 Å². The van der Waals surface area contributed by atoms with Crippen molar-refractivity contribution in [2.24, 2.45) is 5.92 Å². The molecular weight excluding hydrogens is 576 g/mol. The summed E-state index contributed by atoms with van der Waals surface area (Å²) in [7, 11) is 0. The molecule has 1 aromatic carbocycles. The van der Waals surface area contributed by atoms with E-state index in [9.17, 15) is 0 Å². The molecule has 4 aromatic rings. The van der Waals surface area contributed by atoms with Crippen LogP contribution in [0, 0.1) is 12.8 Å². The predicted molar refractivity (Wildman–Crippen MR) is 194 cm³/mol. The maximum Gasteiger partial charge on any atom is 0.141 e. The zero-order chi connectivity index (χ0) is 32.4. The number of aryl methyl sites for hydroxylation is 1. The van der Waals surface area contributed by atoms with Crippen molar-refractivity contribution in [2.45, 2.75) is 78.2 Å². The van der Waals surface area contributed by atoms with Crippen molar-refractivity contribution >= 4 is 12.2 Å². The lowest BCUT2D eigenvalue weighted by atomic mass is 9.90. The predicted octanol–water partition coefficient (Wildman–Crippen LogP) is 7.79. The minimum absolute atomic E-state index is 0.598. The van der Waals surface area contributed by atoms with Crippen LogP contribution in [0.4, 0.5) is 0 Å². The molecule has 47 heavy (non-hydrogen) atoms. The molecule has 0 atom stereocenters. The van der Waals surface area contributed by atoms with E-state index in [0.717, 1.165) is 63.6 Å². The van der Waals surface area contributed by atoms with Gasteiger partial charge >= 0.3 is 0 Å². The van der Waals surface area contributed by atoms with Crippen LogP contribution in [-0.2, 0) is 6.54 Å². The second kappa shape index (κ2) is 15.8. The smallest absolute Gasteiger partial charge is 0.141 e. The molecule has 0 bridgehead atoms. The first kappa shape index (κ1) is 32.4. The molecule has 0 saturated carbocycles. The highest BCUT2D eigenvalue weighted by molar-refractivity contribution is 5.74. The highest BCUT2D eigenvalue weighted by Crippen LogP contribution is 2.29. The maximum atomic E-state index is 5.29. The Labute approximate surface area is 280 Å². The van der Waals surface area contributed by atoms with Gasteiger partial charge in [-0.15, -0.1) is 5.10 Å². The van der Waals surface area contributed by atoms with Crippen molar-refractivity contribution in [1.29, 1.82) is 0 Å². The molecule has 6 heteroatoms. The fraction of sp³-hybridized carbons (Fsp3) is 0.366. The number of likely N-dealkylation sites (tertiary alicyclic amines) is 1. The monoisotopic (exact) mass is 624 g/mol. The van der Waals surface area contributed by atoms with Crippen LogP contribution in [0.25, 0.3) is 34.9 Å². The molecule has 242 valence electrons. The van der Waals surface area contributed by atoms with Gasteiger partial charge in [0.15, 0.2) is 0 Å². The van der Waals surface area contributed by atoms with Crippen LogP contribution in [0.5, 0.6) is 0 Å². The quantitative estimate of drug-likeness (QED) is 0.112. The van der Waals surface area contributed by atoms with Gasteiger partial charge in [0, 0.05) is 29.7 Å². The van der Waals surface area contributed by atoms with Crippen LogP contribution < -0.4 is 10.6 Å². The summed E-state index contributed by atoms with van der Waals surface area (Å²) in [5.41, 5.74) is 8.02. The molecule has 0 N–H and O–H groups in total. The van der Waals surface area contributed by atoms with Gasteiger partial charge in [0.25, 0.3) is 0 Å². The zero-order valence-corrected chi connectivity index (χ0v) is 28.1. The molecule has 3 aromatic heterocycles. The van der Waals surface area contributed by atoms with Crippen LogP contribution >= 0.6 is 0 Å². The van der Waals surface area contributed by atoms with Crippen molar-refractivity contribution < 1.29 is 0 Å². The standard InChI is InChI=1S/C41H48N6/c1-4-14-31(2)15-7-5-8-17-33-25-27-46(28-26-33)36-21-12-11-20-35-23-24-38(43-39(35)29-36)41-40(37-22-13-16-32(3)42-37)44-45-47(41)30-34-18-9-6-10-19-34/h6,9-13,16,18-24,29,33H,2,4-5,7-8,14-15,17,25-28,30H2,1,3H3/b12-11+,20-11?,21-12?,35-20+,36-21+,36-29?,39-29+. The van der Waals surface area contributed by atoms with Crippen molar-refractivity contribution in [3.05, 3.63) is 119 Å². The van der Waals surface area contributed by atoms with E-state index in [2.05, 4.69) is 95.5 Å². The van der Waals surface area contributed by atoms with Gasteiger partial charge in [0.2, 0.25) is 0 Å². The van der Waals surface area contributed by atoms with Crippen LogP contribution in [0.3, 0.4) is 0 Å². The number of hydrogen-bond donors (Lipinski definition) is 0. The van der Waals surface area contributed by atoms with Crippen molar-refractivity contribution in [3.8, 4) is 22.8 Å². The van der Waals surface area contributed by atoms with Gasteiger partial charge in [-0.1, -0.05) is 111 Å². The fourth-order valence-corrected chi connectivity index (χ4v) is 6.80. The summed E-state index contributed by atoms with van der Waals surface area (Å²) in [5.74, 6) is 0.825. The summed E-state index contributed by atoms with van der Waals surface area (Å²) in [6.45, 7) is 11.2. The largest absolute Gasteiger partial charge is 0.371 e. The maximum absolute atomic E-state index is 5.29. The van der Waals surface area contributed by atoms with E-state index in [1.165, 1.54) is 69.1 Å². The average molecular weight is 625 g/mol. The van der Waals surface area contributed by atoms with Gasteiger partial charge < -0.3 is 4.90 Å². The van der Waals surface area contributed by atoms with E-state index >= 15 is 0 Å². The Morgan fingerprint density at radius 2 is 1.68 bits per heavy atom. The first-order valence-electron chi connectivity index (χ1n) is 17.5. The summed E-state index contributed by atoms with van der Waals surface area (Å²) >= 11 is 0. The van der Waals surface area contributed by atoms with Crippen LogP contribution in [0.15, 0.2) is 96.7 Å². The fourth-order valence-electron chi connectivity index (χ4n) is 6.80. The molecular formula is C41H48N6. The van der Waals surface area contributed by atoms with Gasteiger partial charge in [0.1, 0.15) is 11.4 Å². The van der Waals surface area contributed by atoms with Gasteiger partial charge in [-0.3, -0.25) is 4.98 Å². The summed E-state index contributed by atoms with van der Waals surface area (Å²) in [5, 5.41) is 11.3. The Kier molecular flexibility index (Phi) is 10.9. The number of piperidine rings is 1. The van der Waals surface area contributed by atoms with E-state index in [1.54, 1.807) is 0 Å². The number of aromatic nitrogens is 5. The highest BCUT2D eigenvalue weighted by atomic mass is 15.4. The number of unbranched alkanes of at least 4 members (excludes halogenated alkanes) is 2. The summed E-state index contributed by atoms with van der Waals surface area (Å²) < 4.78 is 1.96. The SMILES string of the molecule is C=C(CCC)CCCCCC1CCN(C2=C/C=C/C=c3\ccc(-c4c(-c5cccc(C)n5)nnn4Cc4ccccc4)n\c3=C\2)CC1. The van der Waals surface area contributed by atoms with E-state index in [0.29, 0.717) is 6.54 Å². The molecule has 1 fully saturated rings. The molecule has 1 aliphatic carbocycles. The molecule has 0 radical (unpaired) electrons. The molecule has 6 nitrogen and oxygen atoms in total. The van der Waals surface area contributed by atoms with Gasteiger partial charge in [-0.05, 0) is 80.9 Å². The second-order valence-corrected chi connectivity index (χ2v) is 13.1. The first-order valence-corrected chi connectivity index (χ1v) is 17.5. The number of allylic oxidation sites excluding steroid dienone is 5. The lowest BCUT2D eigenvalue weighted by Gasteiger charge is -2.34. The van der Waals surface area contributed by atoms with Gasteiger partial charge in [-0.2, -0.15) is 0 Å². The summed E-state index contributed by atoms with van der Waals surface area (Å²) in [6.07, 6.45) is 22.3. The number of benzene rings is 1. The normalized spacial score (nSPS) is 18.1. The Balaban J connectivity index is 1.22. The van der Waals surface area contributed by atoms with Crippen molar-refractivity contribution in [1.82, 2.24) is 29.9 Å². The lowest BCUT2D eigenvalue weighted by molar-refractivity contribution is 0.223. The Bertz CT molecular complexity index is 1840. The Hall–Kier alpha value is -4.58. The third kappa shape index (κ3) is 8.42. The Morgan fingerprint density at radius 3 is 2.49 bits per heavy atom. The van der Waals surface area contributed by atoms with Gasteiger partial charge in [0.05, 0.1) is 23.3 Å². The van der Waals surface area contributed by atoms with Crippen molar-refractivity contribution in [2.75, 3.05) is 13.1 Å². The topological polar surface area (TPSA) is 59.7 Å². The minimum atomic E-state index is 0.598. The van der Waals surface area contributed by atoms with Crippen LogP contribution in [0.1, 0.15) is 76.0 Å². The summed E-state index contributed by atoms with van der Waals surface area (Å²) in [4.78, 5) is 12.6. The number of hydrogen-bond acceptors (Lipinski definition) is 5.